The molecule has 0 saturated heterocycles. The van der Waals surface area contributed by atoms with Crippen LogP contribution in [-0.2, 0) is 11.8 Å². The third-order valence-electron chi connectivity index (χ3n) is 2.68. The van der Waals surface area contributed by atoms with Crippen LogP contribution in [0.4, 0.5) is 0 Å². The Labute approximate surface area is 79.9 Å². The molecule has 0 fully saturated rings. The van der Waals surface area contributed by atoms with Gasteiger partial charge < -0.3 is 4.98 Å². The van der Waals surface area contributed by atoms with E-state index in [0.717, 1.165) is 0 Å². The standard InChI is InChI=1S/C12H17N/c1-12(2,3)10-8-13-11-7-5-4-6-9(10)11/h5,7-8,13H,4,6H2,1-3H3. The van der Waals surface area contributed by atoms with Gasteiger partial charge >= 0.3 is 0 Å². The molecule has 0 amide bonds. The van der Waals surface area contributed by atoms with Gasteiger partial charge in [-0.25, -0.2) is 0 Å². The fourth-order valence-corrected chi connectivity index (χ4v) is 1.99. The van der Waals surface area contributed by atoms with Crippen molar-refractivity contribution in [1.82, 2.24) is 4.98 Å². The van der Waals surface area contributed by atoms with Gasteiger partial charge in [-0.1, -0.05) is 26.8 Å². The highest BCUT2D eigenvalue weighted by Crippen LogP contribution is 2.31. The van der Waals surface area contributed by atoms with E-state index < -0.39 is 0 Å². The fourth-order valence-electron chi connectivity index (χ4n) is 1.99. The van der Waals surface area contributed by atoms with Crippen LogP contribution in [0.25, 0.3) is 6.08 Å². The minimum absolute atomic E-state index is 0.273. The second kappa shape index (κ2) is 2.76. The van der Waals surface area contributed by atoms with Crippen molar-refractivity contribution in [3.63, 3.8) is 0 Å². The Morgan fingerprint density at radius 2 is 2.08 bits per heavy atom. The molecular weight excluding hydrogens is 158 g/mol. The normalized spacial score (nSPS) is 15.9. The molecule has 0 aliphatic heterocycles. The molecule has 1 N–H and O–H groups in total. The monoisotopic (exact) mass is 175 g/mol. The Morgan fingerprint density at radius 1 is 1.31 bits per heavy atom. The molecule has 2 rings (SSSR count). The summed E-state index contributed by atoms with van der Waals surface area (Å²) in [4.78, 5) is 3.35. The first-order valence-corrected chi connectivity index (χ1v) is 4.96. The van der Waals surface area contributed by atoms with E-state index >= 15 is 0 Å². The van der Waals surface area contributed by atoms with E-state index in [0.29, 0.717) is 0 Å². The quantitative estimate of drug-likeness (QED) is 0.623. The molecule has 1 aliphatic carbocycles. The van der Waals surface area contributed by atoms with E-state index in [2.05, 4.69) is 44.1 Å². The summed E-state index contributed by atoms with van der Waals surface area (Å²) in [6, 6.07) is 0. The summed E-state index contributed by atoms with van der Waals surface area (Å²) in [6.07, 6.45) is 9.00. The number of aromatic nitrogens is 1. The fraction of sp³-hybridized carbons (Fsp3) is 0.500. The minimum atomic E-state index is 0.273. The number of nitrogens with one attached hydrogen (secondary N) is 1. The van der Waals surface area contributed by atoms with E-state index in [1.54, 1.807) is 0 Å². The molecule has 0 saturated carbocycles. The van der Waals surface area contributed by atoms with Gasteiger partial charge in [0.1, 0.15) is 0 Å². The summed E-state index contributed by atoms with van der Waals surface area (Å²) in [6.45, 7) is 6.82. The van der Waals surface area contributed by atoms with Gasteiger partial charge in [-0.3, -0.25) is 0 Å². The number of fused-ring (bicyclic) bond motifs is 1. The van der Waals surface area contributed by atoms with E-state index in [-0.39, 0.29) is 5.41 Å². The molecule has 1 aromatic heterocycles. The molecule has 1 nitrogen and oxygen atoms in total. The lowest BCUT2D eigenvalue weighted by Gasteiger charge is -2.20. The molecule has 13 heavy (non-hydrogen) atoms. The van der Waals surface area contributed by atoms with Gasteiger partial charge in [0.05, 0.1) is 0 Å². The molecule has 1 aliphatic rings. The molecule has 0 unspecified atom stereocenters. The zero-order valence-electron chi connectivity index (χ0n) is 8.65. The highest BCUT2D eigenvalue weighted by molar-refractivity contribution is 5.56. The lowest BCUT2D eigenvalue weighted by atomic mass is 9.83. The first-order valence-electron chi connectivity index (χ1n) is 4.96. The van der Waals surface area contributed by atoms with Crippen molar-refractivity contribution in [2.75, 3.05) is 0 Å². The van der Waals surface area contributed by atoms with Crippen molar-refractivity contribution in [3.05, 3.63) is 29.1 Å². The average molecular weight is 175 g/mol. The molecule has 1 heteroatoms. The van der Waals surface area contributed by atoms with Crippen LogP contribution in [-0.4, -0.2) is 4.98 Å². The summed E-state index contributed by atoms with van der Waals surface area (Å²) < 4.78 is 0. The summed E-state index contributed by atoms with van der Waals surface area (Å²) >= 11 is 0. The molecule has 0 atom stereocenters. The Hall–Kier alpha value is -0.980. The SMILES string of the molecule is CC(C)(C)c1c[nH]c2c1CCC=C2. The van der Waals surface area contributed by atoms with Crippen molar-refractivity contribution >= 4 is 6.08 Å². The molecule has 1 aromatic rings. The summed E-state index contributed by atoms with van der Waals surface area (Å²) in [7, 11) is 0. The van der Waals surface area contributed by atoms with Crippen molar-refractivity contribution in [3.8, 4) is 0 Å². The molecule has 0 spiro atoms. The van der Waals surface area contributed by atoms with Gasteiger partial charge in [-0.15, -0.1) is 0 Å². The first kappa shape index (κ1) is 8.61. The van der Waals surface area contributed by atoms with E-state index in [9.17, 15) is 0 Å². The molecule has 0 bridgehead atoms. The number of hydrogen-bond donors (Lipinski definition) is 1. The van der Waals surface area contributed by atoms with E-state index in [4.69, 9.17) is 0 Å². The van der Waals surface area contributed by atoms with Gasteiger partial charge in [0.25, 0.3) is 0 Å². The topological polar surface area (TPSA) is 15.8 Å². The molecule has 0 aromatic carbocycles. The molecule has 0 radical (unpaired) electrons. The maximum Gasteiger partial charge on any atom is 0.0412 e. The van der Waals surface area contributed by atoms with Crippen molar-refractivity contribution < 1.29 is 0 Å². The second-order valence-electron chi connectivity index (χ2n) is 4.79. The summed E-state index contributed by atoms with van der Waals surface area (Å²) in [5.41, 5.74) is 4.59. The van der Waals surface area contributed by atoms with Crippen LogP contribution < -0.4 is 0 Å². The number of allylic oxidation sites excluding steroid dienone is 1. The van der Waals surface area contributed by atoms with Crippen LogP contribution in [0.5, 0.6) is 0 Å². The highest BCUT2D eigenvalue weighted by Gasteiger charge is 2.21. The van der Waals surface area contributed by atoms with Gasteiger partial charge in [0.2, 0.25) is 0 Å². The van der Waals surface area contributed by atoms with Gasteiger partial charge in [0.15, 0.2) is 0 Å². The van der Waals surface area contributed by atoms with Crippen LogP contribution in [0.2, 0.25) is 0 Å². The number of rotatable bonds is 0. The third-order valence-corrected chi connectivity index (χ3v) is 2.68. The predicted molar refractivity (Wildman–Crippen MR) is 56.8 cm³/mol. The number of H-pyrrole nitrogens is 1. The van der Waals surface area contributed by atoms with Crippen molar-refractivity contribution in [1.29, 1.82) is 0 Å². The van der Waals surface area contributed by atoms with Gasteiger partial charge in [0, 0.05) is 11.9 Å². The Bertz CT molecular complexity index is 336. The van der Waals surface area contributed by atoms with Crippen molar-refractivity contribution in [2.45, 2.75) is 39.0 Å². The van der Waals surface area contributed by atoms with Crippen molar-refractivity contribution in [2.24, 2.45) is 0 Å². The Balaban J connectivity index is 2.50. The molecule has 70 valence electrons. The van der Waals surface area contributed by atoms with Crippen LogP contribution in [0, 0.1) is 0 Å². The van der Waals surface area contributed by atoms with Crippen LogP contribution >= 0.6 is 0 Å². The largest absolute Gasteiger partial charge is 0.361 e. The van der Waals surface area contributed by atoms with Gasteiger partial charge in [-0.05, 0) is 35.5 Å². The maximum absolute atomic E-state index is 3.35. The maximum atomic E-state index is 3.35. The zero-order chi connectivity index (χ0) is 9.47. The minimum Gasteiger partial charge on any atom is -0.361 e. The number of hydrogen-bond acceptors (Lipinski definition) is 0. The van der Waals surface area contributed by atoms with Crippen LogP contribution in [0.3, 0.4) is 0 Å². The Kier molecular flexibility index (Phi) is 1.83. The second-order valence-corrected chi connectivity index (χ2v) is 4.79. The summed E-state index contributed by atoms with van der Waals surface area (Å²) in [5.74, 6) is 0. The molecular formula is C12H17N. The zero-order valence-corrected chi connectivity index (χ0v) is 8.65. The van der Waals surface area contributed by atoms with Crippen LogP contribution in [0.15, 0.2) is 12.3 Å². The van der Waals surface area contributed by atoms with Gasteiger partial charge in [-0.2, -0.15) is 0 Å². The Morgan fingerprint density at radius 3 is 2.77 bits per heavy atom. The molecule has 1 heterocycles. The lowest BCUT2D eigenvalue weighted by Crippen LogP contribution is -2.13. The van der Waals surface area contributed by atoms with E-state index in [1.807, 2.05) is 0 Å². The predicted octanol–water partition coefficient (Wildman–Crippen LogP) is 3.27. The summed E-state index contributed by atoms with van der Waals surface area (Å²) in [5, 5.41) is 0. The average Bonchev–Trinajstić information content (AvgIpc) is 2.45. The smallest absolute Gasteiger partial charge is 0.0412 e. The number of aromatic amines is 1. The highest BCUT2D eigenvalue weighted by atomic mass is 14.7. The third kappa shape index (κ3) is 1.43. The van der Waals surface area contributed by atoms with Crippen LogP contribution in [0.1, 0.15) is 44.0 Å². The van der Waals surface area contributed by atoms with E-state index in [1.165, 1.54) is 29.7 Å². The lowest BCUT2D eigenvalue weighted by molar-refractivity contribution is 0.583. The first-order chi connectivity index (χ1) is 6.09.